The maximum absolute atomic E-state index is 12.4. The molecule has 1 aromatic heterocycles. The lowest BCUT2D eigenvalue weighted by Gasteiger charge is -2.36. The Hall–Kier alpha value is -1.62. The number of aromatic nitrogens is 2. The van der Waals surface area contributed by atoms with Gasteiger partial charge in [0, 0.05) is 30.9 Å². The van der Waals surface area contributed by atoms with Gasteiger partial charge in [-0.15, -0.1) is 6.58 Å². The number of carbonyl (C=O) groups is 1. The van der Waals surface area contributed by atoms with Crippen molar-refractivity contribution in [2.75, 3.05) is 6.54 Å². The molecule has 0 aliphatic carbocycles. The SMILES string of the molecule is C=CCN(C(=O)C(N)c1cnn(C)c1)C(C)(C)C. The lowest BCUT2D eigenvalue weighted by atomic mass is 10.0. The Morgan fingerprint density at radius 3 is 2.67 bits per heavy atom. The number of hydrogen-bond donors (Lipinski definition) is 1. The molecule has 0 saturated heterocycles. The molecular formula is C13H22N4O. The standard InChI is InChI=1S/C13H22N4O/c1-6-7-17(13(2,3)4)12(18)11(14)10-8-15-16(5)9-10/h6,8-9,11H,1,7,14H2,2-5H3. The monoisotopic (exact) mass is 250 g/mol. The van der Waals surface area contributed by atoms with Gasteiger partial charge in [-0.2, -0.15) is 5.10 Å². The van der Waals surface area contributed by atoms with Crippen LogP contribution in [-0.4, -0.2) is 32.7 Å². The Kier molecular flexibility index (Phi) is 4.29. The number of aryl methyl sites for hydroxylation is 1. The molecule has 1 aromatic rings. The quantitative estimate of drug-likeness (QED) is 0.818. The van der Waals surface area contributed by atoms with E-state index in [0.29, 0.717) is 6.54 Å². The molecule has 1 heterocycles. The fraction of sp³-hybridized carbons (Fsp3) is 0.538. The maximum atomic E-state index is 12.4. The van der Waals surface area contributed by atoms with Crippen LogP contribution in [-0.2, 0) is 11.8 Å². The molecular weight excluding hydrogens is 228 g/mol. The van der Waals surface area contributed by atoms with Gasteiger partial charge in [-0.3, -0.25) is 9.48 Å². The molecule has 0 aliphatic rings. The van der Waals surface area contributed by atoms with E-state index in [1.54, 1.807) is 35.1 Å². The Balaban J connectivity index is 2.93. The topological polar surface area (TPSA) is 64.2 Å². The van der Waals surface area contributed by atoms with Crippen molar-refractivity contribution in [2.45, 2.75) is 32.4 Å². The van der Waals surface area contributed by atoms with Crippen LogP contribution in [0.2, 0.25) is 0 Å². The highest BCUT2D eigenvalue weighted by atomic mass is 16.2. The largest absolute Gasteiger partial charge is 0.332 e. The van der Waals surface area contributed by atoms with Gasteiger partial charge in [-0.25, -0.2) is 0 Å². The predicted octanol–water partition coefficient (Wildman–Crippen LogP) is 1.23. The van der Waals surface area contributed by atoms with Gasteiger partial charge in [0.2, 0.25) is 5.91 Å². The van der Waals surface area contributed by atoms with Crippen molar-refractivity contribution in [1.29, 1.82) is 0 Å². The second kappa shape index (κ2) is 5.35. The van der Waals surface area contributed by atoms with E-state index >= 15 is 0 Å². The molecule has 1 rings (SSSR count). The number of rotatable bonds is 4. The zero-order valence-electron chi connectivity index (χ0n) is 11.6. The van der Waals surface area contributed by atoms with Crippen molar-refractivity contribution in [3.63, 3.8) is 0 Å². The van der Waals surface area contributed by atoms with Crippen molar-refractivity contribution in [2.24, 2.45) is 12.8 Å². The third kappa shape index (κ3) is 3.20. The first kappa shape index (κ1) is 14.4. The van der Waals surface area contributed by atoms with Crippen molar-refractivity contribution >= 4 is 5.91 Å². The van der Waals surface area contributed by atoms with E-state index in [-0.39, 0.29) is 11.4 Å². The summed E-state index contributed by atoms with van der Waals surface area (Å²) in [7, 11) is 1.80. The molecule has 0 aromatic carbocycles. The fourth-order valence-electron chi connectivity index (χ4n) is 1.73. The molecule has 0 radical (unpaired) electrons. The minimum atomic E-state index is -0.683. The van der Waals surface area contributed by atoms with Crippen LogP contribution in [0.3, 0.4) is 0 Å². The third-order valence-corrected chi connectivity index (χ3v) is 2.74. The van der Waals surface area contributed by atoms with Gasteiger partial charge in [0.25, 0.3) is 0 Å². The van der Waals surface area contributed by atoms with Gasteiger partial charge >= 0.3 is 0 Å². The van der Waals surface area contributed by atoms with Crippen LogP contribution in [0.5, 0.6) is 0 Å². The Labute approximate surface area is 108 Å². The summed E-state index contributed by atoms with van der Waals surface area (Å²) in [5, 5.41) is 4.03. The second-order valence-electron chi connectivity index (χ2n) is 5.33. The van der Waals surface area contributed by atoms with Crippen LogP contribution < -0.4 is 5.73 Å². The average Bonchev–Trinajstić information content (AvgIpc) is 2.69. The molecule has 5 heteroatoms. The number of nitrogens with zero attached hydrogens (tertiary/aromatic N) is 3. The Morgan fingerprint density at radius 2 is 2.28 bits per heavy atom. The van der Waals surface area contributed by atoms with E-state index < -0.39 is 6.04 Å². The van der Waals surface area contributed by atoms with Crippen LogP contribution in [0.25, 0.3) is 0 Å². The van der Waals surface area contributed by atoms with Crippen molar-refractivity contribution in [3.8, 4) is 0 Å². The summed E-state index contributed by atoms with van der Waals surface area (Å²) in [5.74, 6) is -0.115. The summed E-state index contributed by atoms with van der Waals surface area (Å²) in [6.45, 7) is 10.1. The molecule has 5 nitrogen and oxygen atoms in total. The van der Waals surface area contributed by atoms with E-state index in [9.17, 15) is 4.79 Å². The zero-order valence-corrected chi connectivity index (χ0v) is 11.6. The molecule has 0 saturated carbocycles. The predicted molar refractivity (Wildman–Crippen MR) is 71.8 cm³/mol. The maximum Gasteiger partial charge on any atom is 0.244 e. The summed E-state index contributed by atoms with van der Waals surface area (Å²) >= 11 is 0. The third-order valence-electron chi connectivity index (χ3n) is 2.74. The van der Waals surface area contributed by atoms with E-state index in [0.717, 1.165) is 5.56 Å². The molecule has 100 valence electrons. The van der Waals surface area contributed by atoms with Crippen molar-refractivity contribution in [3.05, 3.63) is 30.6 Å². The molecule has 1 atom stereocenters. The first-order valence-corrected chi connectivity index (χ1v) is 5.94. The summed E-state index contributed by atoms with van der Waals surface area (Å²) in [4.78, 5) is 14.1. The van der Waals surface area contributed by atoms with E-state index in [1.165, 1.54) is 0 Å². The number of nitrogens with two attached hydrogens (primary N) is 1. The van der Waals surface area contributed by atoms with E-state index in [1.807, 2.05) is 20.8 Å². The van der Waals surface area contributed by atoms with Crippen LogP contribution in [0.1, 0.15) is 32.4 Å². The Bertz CT molecular complexity index is 430. The van der Waals surface area contributed by atoms with E-state index in [2.05, 4.69) is 11.7 Å². The minimum absolute atomic E-state index is 0.115. The van der Waals surface area contributed by atoms with Gasteiger partial charge < -0.3 is 10.6 Å². The van der Waals surface area contributed by atoms with Crippen LogP contribution in [0.4, 0.5) is 0 Å². The van der Waals surface area contributed by atoms with Crippen LogP contribution >= 0.6 is 0 Å². The summed E-state index contributed by atoms with van der Waals surface area (Å²) in [6, 6.07) is -0.683. The summed E-state index contributed by atoms with van der Waals surface area (Å²) in [6.07, 6.45) is 5.09. The molecule has 18 heavy (non-hydrogen) atoms. The first-order chi connectivity index (χ1) is 8.27. The lowest BCUT2D eigenvalue weighted by molar-refractivity contribution is -0.136. The van der Waals surface area contributed by atoms with Crippen molar-refractivity contribution in [1.82, 2.24) is 14.7 Å². The minimum Gasteiger partial charge on any atom is -0.332 e. The van der Waals surface area contributed by atoms with Gasteiger partial charge in [-0.05, 0) is 20.8 Å². The van der Waals surface area contributed by atoms with Crippen molar-refractivity contribution < 1.29 is 4.79 Å². The number of amides is 1. The molecule has 1 unspecified atom stereocenters. The van der Waals surface area contributed by atoms with E-state index in [4.69, 9.17) is 5.73 Å². The fourth-order valence-corrected chi connectivity index (χ4v) is 1.73. The smallest absolute Gasteiger partial charge is 0.244 e. The number of carbonyl (C=O) groups excluding carboxylic acids is 1. The molecule has 1 amide bonds. The number of hydrogen-bond acceptors (Lipinski definition) is 3. The van der Waals surface area contributed by atoms with Gasteiger partial charge in [-0.1, -0.05) is 6.08 Å². The zero-order chi connectivity index (χ0) is 13.9. The second-order valence-corrected chi connectivity index (χ2v) is 5.33. The summed E-state index contributed by atoms with van der Waals surface area (Å²) in [5.41, 5.74) is 6.44. The molecule has 0 bridgehead atoms. The normalized spacial score (nSPS) is 13.2. The highest BCUT2D eigenvalue weighted by molar-refractivity contribution is 5.83. The highest BCUT2D eigenvalue weighted by Gasteiger charge is 2.30. The average molecular weight is 250 g/mol. The highest BCUT2D eigenvalue weighted by Crippen LogP contribution is 2.19. The van der Waals surface area contributed by atoms with Gasteiger partial charge in [0.1, 0.15) is 6.04 Å². The van der Waals surface area contributed by atoms with Crippen LogP contribution in [0, 0.1) is 0 Å². The molecule has 0 aliphatic heterocycles. The van der Waals surface area contributed by atoms with Gasteiger partial charge in [0.15, 0.2) is 0 Å². The molecule has 2 N–H and O–H groups in total. The molecule has 0 spiro atoms. The Morgan fingerprint density at radius 1 is 1.67 bits per heavy atom. The van der Waals surface area contributed by atoms with Gasteiger partial charge in [0.05, 0.1) is 6.20 Å². The molecule has 0 fully saturated rings. The lowest BCUT2D eigenvalue weighted by Crippen LogP contribution is -2.49. The van der Waals surface area contributed by atoms with Crippen LogP contribution in [0.15, 0.2) is 25.0 Å². The first-order valence-electron chi connectivity index (χ1n) is 5.94. The summed E-state index contributed by atoms with van der Waals surface area (Å²) < 4.78 is 1.64.